The molecule has 0 aliphatic heterocycles. The van der Waals surface area contributed by atoms with Crippen LogP contribution in [0, 0.1) is 6.92 Å². The fourth-order valence-corrected chi connectivity index (χ4v) is 2.04. The number of aryl methyl sites for hydroxylation is 2. The average Bonchev–Trinajstić information content (AvgIpc) is 2.41. The summed E-state index contributed by atoms with van der Waals surface area (Å²) in [5.41, 5.74) is 2.27. The van der Waals surface area contributed by atoms with Gasteiger partial charge < -0.3 is 5.32 Å². The molecule has 1 aromatic carbocycles. The van der Waals surface area contributed by atoms with E-state index in [1.165, 1.54) is 5.56 Å². The van der Waals surface area contributed by atoms with Crippen LogP contribution in [0.5, 0.6) is 0 Å². The highest BCUT2D eigenvalue weighted by Crippen LogP contribution is 2.12. The molecule has 104 valence electrons. The molecule has 0 aliphatic carbocycles. The highest BCUT2D eigenvalue weighted by Gasteiger charge is 2.03. The van der Waals surface area contributed by atoms with E-state index in [9.17, 15) is 4.79 Å². The number of pyridine rings is 1. The summed E-state index contributed by atoms with van der Waals surface area (Å²) in [6.45, 7) is 1.97. The zero-order valence-corrected chi connectivity index (χ0v) is 12.2. The fraction of sp³-hybridized carbons (Fsp3) is 0.250. The first-order chi connectivity index (χ1) is 9.63. The molecule has 1 aromatic heterocycles. The summed E-state index contributed by atoms with van der Waals surface area (Å²) in [7, 11) is 0. The number of hydrogen-bond acceptors (Lipinski definition) is 2. The van der Waals surface area contributed by atoms with E-state index >= 15 is 0 Å². The van der Waals surface area contributed by atoms with Crippen LogP contribution < -0.4 is 5.32 Å². The molecule has 1 N–H and O–H groups in total. The molecule has 0 spiro atoms. The minimum Gasteiger partial charge on any atom is -0.311 e. The molecular formula is C16H17ClN2O. The number of carbonyl (C=O) groups is 1. The van der Waals surface area contributed by atoms with Gasteiger partial charge >= 0.3 is 0 Å². The van der Waals surface area contributed by atoms with Crippen molar-refractivity contribution >= 4 is 23.3 Å². The quantitative estimate of drug-likeness (QED) is 0.903. The maximum Gasteiger partial charge on any atom is 0.225 e. The summed E-state index contributed by atoms with van der Waals surface area (Å²) in [5, 5.41) is 3.54. The van der Waals surface area contributed by atoms with Crippen LogP contribution in [-0.2, 0) is 11.2 Å². The monoisotopic (exact) mass is 288 g/mol. The van der Waals surface area contributed by atoms with Crippen LogP contribution in [0.2, 0.25) is 5.02 Å². The molecule has 0 fully saturated rings. The largest absolute Gasteiger partial charge is 0.311 e. The first-order valence-corrected chi connectivity index (χ1v) is 6.98. The van der Waals surface area contributed by atoms with E-state index in [2.05, 4.69) is 10.3 Å². The van der Waals surface area contributed by atoms with Crippen molar-refractivity contribution in [2.45, 2.75) is 26.2 Å². The summed E-state index contributed by atoms with van der Waals surface area (Å²) >= 11 is 5.83. The summed E-state index contributed by atoms with van der Waals surface area (Å²) in [4.78, 5) is 15.9. The fourth-order valence-electron chi connectivity index (χ4n) is 1.91. The molecule has 2 rings (SSSR count). The van der Waals surface area contributed by atoms with Crippen LogP contribution in [0.1, 0.15) is 24.0 Å². The smallest absolute Gasteiger partial charge is 0.225 e. The van der Waals surface area contributed by atoms with Gasteiger partial charge in [0.15, 0.2) is 0 Å². The number of amides is 1. The van der Waals surface area contributed by atoms with Gasteiger partial charge in [0.1, 0.15) is 5.82 Å². The molecule has 0 saturated carbocycles. The molecular weight excluding hydrogens is 272 g/mol. The second-order valence-corrected chi connectivity index (χ2v) is 5.18. The third-order valence-electron chi connectivity index (χ3n) is 2.97. The second kappa shape index (κ2) is 7.06. The van der Waals surface area contributed by atoms with Gasteiger partial charge in [0.2, 0.25) is 5.91 Å². The van der Waals surface area contributed by atoms with Crippen molar-refractivity contribution in [2.75, 3.05) is 5.32 Å². The molecule has 0 aliphatic rings. The van der Waals surface area contributed by atoms with E-state index in [-0.39, 0.29) is 5.91 Å². The van der Waals surface area contributed by atoms with Gasteiger partial charge in [-0.25, -0.2) is 4.98 Å². The number of anilines is 1. The third kappa shape index (κ3) is 4.67. The molecule has 2 aromatic rings. The van der Waals surface area contributed by atoms with Crippen molar-refractivity contribution in [1.29, 1.82) is 0 Å². The molecule has 1 amide bonds. The number of carbonyl (C=O) groups excluding carboxylic acids is 1. The molecule has 20 heavy (non-hydrogen) atoms. The molecule has 0 atom stereocenters. The van der Waals surface area contributed by atoms with Crippen LogP contribution in [0.25, 0.3) is 0 Å². The lowest BCUT2D eigenvalue weighted by molar-refractivity contribution is -0.116. The lowest BCUT2D eigenvalue weighted by Gasteiger charge is -2.05. The average molecular weight is 289 g/mol. The van der Waals surface area contributed by atoms with Crippen molar-refractivity contribution < 1.29 is 4.79 Å². The topological polar surface area (TPSA) is 42.0 Å². The van der Waals surface area contributed by atoms with Gasteiger partial charge in [-0.3, -0.25) is 4.79 Å². The summed E-state index contributed by atoms with van der Waals surface area (Å²) in [6.07, 6.45) is 3.85. The number of halogens is 1. The van der Waals surface area contributed by atoms with Crippen LogP contribution in [0.3, 0.4) is 0 Å². The van der Waals surface area contributed by atoms with Gasteiger partial charge in [-0.2, -0.15) is 0 Å². The Kier molecular flexibility index (Phi) is 5.13. The van der Waals surface area contributed by atoms with E-state index in [1.807, 2.05) is 43.3 Å². The van der Waals surface area contributed by atoms with Gasteiger partial charge in [-0.1, -0.05) is 23.7 Å². The van der Waals surface area contributed by atoms with E-state index in [4.69, 9.17) is 11.6 Å². The number of benzene rings is 1. The number of aromatic nitrogens is 1. The number of nitrogens with one attached hydrogen (secondary N) is 1. The Labute approximate surface area is 124 Å². The normalized spacial score (nSPS) is 10.3. The number of hydrogen-bond donors (Lipinski definition) is 1. The molecule has 0 saturated heterocycles. The zero-order chi connectivity index (χ0) is 14.4. The predicted octanol–water partition coefficient (Wildman–Crippen LogP) is 4.00. The maximum absolute atomic E-state index is 11.8. The Hall–Kier alpha value is -1.87. The van der Waals surface area contributed by atoms with Gasteiger partial charge in [0.25, 0.3) is 0 Å². The minimum atomic E-state index is -0.00272. The maximum atomic E-state index is 11.8. The van der Waals surface area contributed by atoms with Crippen LogP contribution >= 0.6 is 11.6 Å². The summed E-state index contributed by atoms with van der Waals surface area (Å²) in [5.74, 6) is 0.610. The van der Waals surface area contributed by atoms with E-state index < -0.39 is 0 Å². The number of nitrogens with zero attached hydrogens (tertiary/aromatic N) is 1. The molecule has 3 nitrogen and oxygen atoms in total. The van der Waals surface area contributed by atoms with E-state index in [1.54, 1.807) is 6.20 Å². The van der Waals surface area contributed by atoms with Crippen molar-refractivity contribution in [3.63, 3.8) is 0 Å². The Morgan fingerprint density at radius 3 is 2.70 bits per heavy atom. The van der Waals surface area contributed by atoms with Gasteiger partial charge in [0.05, 0.1) is 0 Å². The Morgan fingerprint density at radius 1 is 1.25 bits per heavy atom. The highest BCUT2D eigenvalue weighted by molar-refractivity contribution is 6.30. The van der Waals surface area contributed by atoms with Crippen molar-refractivity contribution in [3.05, 3.63) is 58.7 Å². The predicted molar refractivity (Wildman–Crippen MR) is 82.0 cm³/mol. The Bertz CT molecular complexity index is 581. The summed E-state index contributed by atoms with van der Waals surface area (Å²) < 4.78 is 0. The van der Waals surface area contributed by atoms with Gasteiger partial charge in [0, 0.05) is 17.6 Å². The van der Waals surface area contributed by atoms with E-state index in [0.717, 1.165) is 23.4 Å². The lowest BCUT2D eigenvalue weighted by atomic mass is 10.1. The van der Waals surface area contributed by atoms with Crippen LogP contribution in [-0.4, -0.2) is 10.9 Å². The summed E-state index contributed by atoms with van der Waals surface area (Å²) in [6, 6.07) is 11.5. The Balaban J connectivity index is 1.76. The lowest BCUT2D eigenvalue weighted by Crippen LogP contribution is -2.12. The van der Waals surface area contributed by atoms with Crippen molar-refractivity contribution in [2.24, 2.45) is 0 Å². The molecule has 0 bridgehead atoms. The third-order valence-corrected chi connectivity index (χ3v) is 3.22. The Morgan fingerprint density at radius 2 is 2.00 bits per heavy atom. The van der Waals surface area contributed by atoms with Crippen LogP contribution in [0.4, 0.5) is 5.82 Å². The van der Waals surface area contributed by atoms with Gasteiger partial charge in [-0.15, -0.1) is 0 Å². The van der Waals surface area contributed by atoms with Crippen molar-refractivity contribution in [1.82, 2.24) is 4.98 Å². The minimum absolute atomic E-state index is 0.00272. The molecule has 0 radical (unpaired) electrons. The van der Waals surface area contributed by atoms with Crippen molar-refractivity contribution in [3.8, 4) is 0 Å². The van der Waals surface area contributed by atoms with Crippen LogP contribution in [0.15, 0.2) is 42.6 Å². The first kappa shape index (κ1) is 14.5. The highest BCUT2D eigenvalue weighted by atomic mass is 35.5. The standard InChI is InChI=1S/C16H17ClN2O/c1-12-9-10-18-15(11-12)19-16(20)4-2-3-13-5-7-14(17)8-6-13/h5-11H,2-4H2,1H3,(H,18,19,20). The molecule has 0 unspecified atom stereocenters. The second-order valence-electron chi connectivity index (χ2n) is 4.75. The molecule has 4 heteroatoms. The SMILES string of the molecule is Cc1ccnc(NC(=O)CCCc2ccc(Cl)cc2)c1. The van der Waals surface area contributed by atoms with Gasteiger partial charge in [-0.05, 0) is 55.2 Å². The molecule has 1 heterocycles. The van der Waals surface area contributed by atoms with E-state index in [0.29, 0.717) is 12.2 Å². The zero-order valence-electron chi connectivity index (χ0n) is 11.4. The first-order valence-electron chi connectivity index (χ1n) is 6.60. The number of rotatable bonds is 5.